The van der Waals surface area contributed by atoms with Gasteiger partial charge in [0.25, 0.3) is 0 Å². The zero-order valence-electron chi connectivity index (χ0n) is 6.78. The molecule has 0 atom stereocenters. The summed E-state index contributed by atoms with van der Waals surface area (Å²) in [4.78, 5) is 9.85. The van der Waals surface area contributed by atoms with Gasteiger partial charge in [0.15, 0.2) is 6.29 Å². The van der Waals surface area contributed by atoms with Gasteiger partial charge >= 0.3 is 5.92 Å². The Bertz CT molecular complexity index is 304. The molecule has 0 saturated heterocycles. The van der Waals surface area contributed by atoms with Gasteiger partial charge in [0.05, 0.1) is 0 Å². The Morgan fingerprint density at radius 3 is 2.31 bits per heavy atom. The number of carbonyl (C=O) groups excluding carboxylic acids is 1. The van der Waals surface area contributed by atoms with Gasteiger partial charge in [-0.15, -0.1) is 0 Å². The second-order valence-electron chi connectivity index (χ2n) is 2.54. The van der Waals surface area contributed by atoms with Gasteiger partial charge in [-0.05, 0) is 11.6 Å². The van der Waals surface area contributed by atoms with Crippen LogP contribution < -0.4 is 0 Å². The van der Waals surface area contributed by atoms with Crippen molar-refractivity contribution in [1.29, 1.82) is 0 Å². The summed E-state index contributed by atoms with van der Waals surface area (Å²) in [6, 6.07) is 8.61. The molecule has 13 heavy (non-hydrogen) atoms. The Hall–Kier alpha value is -1.51. The van der Waals surface area contributed by atoms with Gasteiger partial charge in [0, 0.05) is 0 Å². The molecule has 0 heterocycles. The third-order valence-corrected chi connectivity index (χ3v) is 1.45. The number of hydrogen-bond donors (Lipinski definition) is 0. The van der Waals surface area contributed by atoms with Crippen LogP contribution >= 0.6 is 0 Å². The molecule has 0 aliphatic carbocycles. The first kappa shape index (κ1) is 9.58. The van der Waals surface area contributed by atoms with Gasteiger partial charge in [-0.3, -0.25) is 4.79 Å². The molecule has 1 aromatic carbocycles. The zero-order valence-corrected chi connectivity index (χ0v) is 6.78. The quantitative estimate of drug-likeness (QED) is 0.656. The largest absolute Gasteiger partial charge is 0.321 e. The van der Waals surface area contributed by atoms with Gasteiger partial charge < -0.3 is 0 Å². The van der Waals surface area contributed by atoms with E-state index in [0.717, 1.165) is 0 Å². The maximum absolute atomic E-state index is 12.4. The molecule has 0 aliphatic heterocycles. The first-order valence-electron chi connectivity index (χ1n) is 3.72. The van der Waals surface area contributed by atoms with Crippen LogP contribution in [0.1, 0.15) is 5.56 Å². The van der Waals surface area contributed by atoms with Crippen LogP contribution in [0.4, 0.5) is 8.78 Å². The molecule has 0 aromatic heterocycles. The summed E-state index contributed by atoms with van der Waals surface area (Å²) >= 11 is 0. The molecule has 0 saturated carbocycles. The van der Waals surface area contributed by atoms with E-state index in [-0.39, 0.29) is 6.29 Å². The summed E-state index contributed by atoms with van der Waals surface area (Å²) < 4.78 is 24.8. The summed E-state index contributed by atoms with van der Waals surface area (Å²) in [7, 11) is 0. The number of halogens is 2. The summed E-state index contributed by atoms with van der Waals surface area (Å²) in [5.41, 5.74) is 0.643. The van der Waals surface area contributed by atoms with E-state index in [4.69, 9.17) is 0 Å². The first-order chi connectivity index (χ1) is 6.14. The molecule has 0 bridgehead atoms. The number of rotatable bonds is 3. The fourth-order valence-corrected chi connectivity index (χ4v) is 0.811. The first-order valence-corrected chi connectivity index (χ1v) is 3.72. The van der Waals surface area contributed by atoms with Crippen LogP contribution in [-0.4, -0.2) is 12.2 Å². The Labute approximate surface area is 74.7 Å². The van der Waals surface area contributed by atoms with E-state index in [1.54, 1.807) is 30.3 Å². The Kier molecular flexibility index (Phi) is 2.90. The Morgan fingerprint density at radius 2 is 1.77 bits per heavy atom. The molecule has 0 aliphatic rings. The minimum Gasteiger partial charge on any atom is -0.296 e. The lowest BCUT2D eigenvalue weighted by atomic mass is 10.2. The van der Waals surface area contributed by atoms with Crippen molar-refractivity contribution in [3.8, 4) is 0 Å². The zero-order chi connectivity index (χ0) is 9.73. The summed E-state index contributed by atoms with van der Waals surface area (Å²) in [6.07, 6.45) is 1.41. The average molecular weight is 182 g/mol. The van der Waals surface area contributed by atoms with Crippen molar-refractivity contribution in [1.82, 2.24) is 0 Å². The number of alkyl halides is 2. The number of hydrogen-bond acceptors (Lipinski definition) is 1. The van der Waals surface area contributed by atoms with Crippen LogP contribution in [0, 0.1) is 0 Å². The molecule has 0 unspecified atom stereocenters. The highest BCUT2D eigenvalue weighted by Crippen LogP contribution is 2.13. The molecule has 68 valence electrons. The molecular weight excluding hydrogens is 174 g/mol. The summed E-state index contributed by atoms with van der Waals surface area (Å²) in [6.45, 7) is 0. The standard InChI is InChI=1S/C10H8F2O/c11-10(12,8-13)7-6-9-4-2-1-3-5-9/h1-8H/b7-6+. The second-order valence-corrected chi connectivity index (χ2v) is 2.54. The molecule has 0 N–H and O–H groups in total. The average Bonchev–Trinajstić information content (AvgIpc) is 2.17. The van der Waals surface area contributed by atoms with Crippen molar-refractivity contribution in [3.63, 3.8) is 0 Å². The molecular formula is C10H8F2O. The van der Waals surface area contributed by atoms with Crippen molar-refractivity contribution in [3.05, 3.63) is 42.0 Å². The van der Waals surface area contributed by atoms with Gasteiger partial charge in [-0.25, -0.2) is 0 Å². The lowest BCUT2D eigenvalue weighted by Crippen LogP contribution is -2.12. The maximum atomic E-state index is 12.4. The number of benzene rings is 1. The highest BCUT2D eigenvalue weighted by atomic mass is 19.3. The van der Waals surface area contributed by atoms with Crippen molar-refractivity contribution >= 4 is 12.4 Å². The van der Waals surface area contributed by atoms with E-state index < -0.39 is 5.92 Å². The fourth-order valence-electron chi connectivity index (χ4n) is 0.811. The van der Waals surface area contributed by atoms with Crippen molar-refractivity contribution in [2.75, 3.05) is 0 Å². The van der Waals surface area contributed by atoms with Gasteiger partial charge in [-0.1, -0.05) is 36.4 Å². The molecule has 3 heteroatoms. The number of carbonyl (C=O) groups is 1. The Morgan fingerprint density at radius 1 is 1.15 bits per heavy atom. The van der Waals surface area contributed by atoms with Crippen LogP contribution in [0.5, 0.6) is 0 Å². The molecule has 0 spiro atoms. The van der Waals surface area contributed by atoms with Crippen LogP contribution in [-0.2, 0) is 4.79 Å². The van der Waals surface area contributed by atoms with Gasteiger partial charge in [0.2, 0.25) is 0 Å². The minimum atomic E-state index is -3.37. The fraction of sp³-hybridized carbons (Fsp3) is 0.100. The third-order valence-electron chi connectivity index (χ3n) is 1.45. The molecule has 0 fully saturated rings. The van der Waals surface area contributed by atoms with E-state index in [2.05, 4.69) is 0 Å². The third kappa shape index (κ3) is 3.15. The topological polar surface area (TPSA) is 17.1 Å². The molecule has 0 amide bonds. The molecule has 0 radical (unpaired) electrons. The van der Waals surface area contributed by atoms with E-state index in [0.29, 0.717) is 11.6 Å². The molecule has 1 nitrogen and oxygen atoms in total. The Balaban J connectivity index is 2.75. The smallest absolute Gasteiger partial charge is 0.296 e. The predicted molar refractivity (Wildman–Crippen MR) is 46.5 cm³/mol. The van der Waals surface area contributed by atoms with E-state index in [1.807, 2.05) is 0 Å². The summed E-state index contributed by atoms with van der Waals surface area (Å²) in [5, 5.41) is 0. The SMILES string of the molecule is O=CC(F)(F)/C=C/c1ccccc1. The van der Waals surface area contributed by atoms with Gasteiger partial charge in [-0.2, -0.15) is 8.78 Å². The maximum Gasteiger partial charge on any atom is 0.321 e. The van der Waals surface area contributed by atoms with Crippen LogP contribution in [0.3, 0.4) is 0 Å². The monoisotopic (exact) mass is 182 g/mol. The normalized spacial score (nSPS) is 11.8. The van der Waals surface area contributed by atoms with Crippen LogP contribution in [0.15, 0.2) is 36.4 Å². The predicted octanol–water partition coefficient (Wildman–Crippen LogP) is 2.53. The second kappa shape index (κ2) is 3.94. The van der Waals surface area contributed by atoms with Crippen molar-refractivity contribution in [2.24, 2.45) is 0 Å². The lowest BCUT2D eigenvalue weighted by molar-refractivity contribution is -0.123. The van der Waals surface area contributed by atoms with Gasteiger partial charge in [0.1, 0.15) is 0 Å². The minimum absolute atomic E-state index is 0.382. The van der Waals surface area contributed by atoms with E-state index >= 15 is 0 Å². The molecule has 1 rings (SSSR count). The molecule has 1 aromatic rings. The highest BCUT2D eigenvalue weighted by Gasteiger charge is 2.22. The number of allylic oxidation sites excluding steroid dienone is 1. The van der Waals surface area contributed by atoms with Crippen molar-refractivity contribution in [2.45, 2.75) is 5.92 Å². The number of aldehydes is 1. The highest BCUT2D eigenvalue weighted by molar-refractivity contribution is 5.66. The summed E-state index contributed by atoms with van der Waals surface area (Å²) in [5.74, 6) is -3.37. The van der Waals surface area contributed by atoms with E-state index in [1.165, 1.54) is 6.08 Å². The van der Waals surface area contributed by atoms with Crippen LogP contribution in [0.25, 0.3) is 6.08 Å². The lowest BCUT2D eigenvalue weighted by Gasteiger charge is -1.99. The van der Waals surface area contributed by atoms with Crippen molar-refractivity contribution < 1.29 is 13.6 Å². The van der Waals surface area contributed by atoms with E-state index in [9.17, 15) is 13.6 Å². The van der Waals surface area contributed by atoms with Crippen LogP contribution in [0.2, 0.25) is 0 Å².